The van der Waals surface area contributed by atoms with Gasteiger partial charge in [-0.2, -0.15) is 0 Å². The predicted octanol–water partition coefficient (Wildman–Crippen LogP) is 2.89. The molecule has 0 aliphatic carbocycles. The van der Waals surface area contributed by atoms with Gasteiger partial charge in [-0.3, -0.25) is 14.9 Å². The third kappa shape index (κ3) is 4.35. The van der Waals surface area contributed by atoms with Gasteiger partial charge in [0.05, 0.1) is 10.9 Å². The molecule has 1 aromatic rings. The third-order valence-electron chi connectivity index (χ3n) is 5.21. The number of benzene rings is 1. The molecule has 7 heteroatoms. The number of hydrogen-bond acceptors (Lipinski definition) is 4. The maximum atomic E-state index is 12.7. The highest BCUT2D eigenvalue weighted by Crippen LogP contribution is 2.39. The molecule has 5 nitrogen and oxygen atoms in total. The topological polar surface area (TPSA) is 61.4 Å². The number of rotatable bonds is 4. The fourth-order valence-corrected chi connectivity index (χ4v) is 5.00. The van der Waals surface area contributed by atoms with Crippen LogP contribution in [0.25, 0.3) is 0 Å². The van der Waals surface area contributed by atoms with Crippen molar-refractivity contribution in [3.8, 4) is 0 Å². The van der Waals surface area contributed by atoms with E-state index in [2.05, 4.69) is 17.6 Å². The van der Waals surface area contributed by atoms with Gasteiger partial charge in [-0.25, -0.2) is 0 Å². The van der Waals surface area contributed by atoms with Crippen molar-refractivity contribution in [2.75, 3.05) is 18.8 Å². The first-order valence-corrected chi connectivity index (χ1v) is 10.6. The second-order valence-electron chi connectivity index (χ2n) is 7.12. The van der Waals surface area contributed by atoms with Gasteiger partial charge in [-0.1, -0.05) is 24.6 Å². The van der Waals surface area contributed by atoms with Crippen LogP contribution in [0.3, 0.4) is 0 Å². The summed E-state index contributed by atoms with van der Waals surface area (Å²) in [6, 6.07) is 7.14. The molecule has 2 saturated heterocycles. The molecule has 2 heterocycles. The maximum Gasteiger partial charge on any atom is 0.253 e. The van der Waals surface area contributed by atoms with Crippen LogP contribution in [-0.2, 0) is 4.79 Å². The van der Waals surface area contributed by atoms with Crippen molar-refractivity contribution in [3.05, 3.63) is 34.9 Å². The van der Waals surface area contributed by atoms with Gasteiger partial charge in [0.15, 0.2) is 0 Å². The van der Waals surface area contributed by atoms with Crippen LogP contribution >= 0.6 is 23.4 Å². The lowest BCUT2D eigenvalue weighted by atomic mass is 10.0. The summed E-state index contributed by atoms with van der Waals surface area (Å²) in [5, 5.41) is 7.17. The lowest BCUT2D eigenvalue weighted by Gasteiger charge is -2.39. The van der Waals surface area contributed by atoms with E-state index in [1.54, 1.807) is 24.3 Å². The minimum absolute atomic E-state index is 0.0245. The Morgan fingerprint density at radius 2 is 2.15 bits per heavy atom. The van der Waals surface area contributed by atoms with E-state index < -0.39 is 0 Å². The molecule has 1 spiro atoms. The number of halogens is 1. The van der Waals surface area contributed by atoms with Gasteiger partial charge in [0.2, 0.25) is 5.91 Å². The van der Waals surface area contributed by atoms with Crippen molar-refractivity contribution in [1.82, 2.24) is 15.5 Å². The predicted molar refractivity (Wildman–Crippen MR) is 107 cm³/mol. The molecule has 142 valence electrons. The normalized spacial score (nSPS) is 23.0. The van der Waals surface area contributed by atoms with Gasteiger partial charge >= 0.3 is 0 Å². The fraction of sp³-hybridized carbons (Fsp3) is 0.579. The highest BCUT2D eigenvalue weighted by molar-refractivity contribution is 8.01. The minimum Gasteiger partial charge on any atom is -0.352 e. The summed E-state index contributed by atoms with van der Waals surface area (Å²) < 4.78 is 0. The molecule has 26 heavy (non-hydrogen) atoms. The minimum atomic E-state index is -0.149. The van der Waals surface area contributed by atoms with E-state index in [0.29, 0.717) is 23.7 Å². The van der Waals surface area contributed by atoms with E-state index in [0.717, 1.165) is 25.0 Å². The maximum absolute atomic E-state index is 12.7. The highest BCUT2D eigenvalue weighted by Gasteiger charge is 2.44. The first kappa shape index (κ1) is 19.5. The summed E-state index contributed by atoms with van der Waals surface area (Å²) in [5.74, 6) is 0.891. The number of piperidine rings is 1. The zero-order valence-electron chi connectivity index (χ0n) is 15.3. The molecule has 2 aliphatic rings. The van der Waals surface area contributed by atoms with Crippen LogP contribution in [0.2, 0.25) is 5.02 Å². The number of likely N-dealkylation sites (tertiary alicyclic amines) is 1. The van der Waals surface area contributed by atoms with Crippen molar-refractivity contribution in [2.24, 2.45) is 0 Å². The Hall–Kier alpha value is -1.24. The van der Waals surface area contributed by atoms with Crippen molar-refractivity contribution in [3.63, 3.8) is 0 Å². The molecule has 1 aromatic carbocycles. The van der Waals surface area contributed by atoms with Crippen molar-refractivity contribution < 1.29 is 9.59 Å². The Labute approximate surface area is 164 Å². The van der Waals surface area contributed by atoms with E-state index in [4.69, 9.17) is 11.6 Å². The molecule has 2 N–H and O–H groups in total. The lowest BCUT2D eigenvalue weighted by Crippen LogP contribution is -2.55. The summed E-state index contributed by atoms with van der Waals surface area (Å²) in [4.78, 5) is 26.8. The van der Waals surface area contributed by atoms with Crippen molar-refractivity contribution in [2.45, 2.75) is 50.1 Å². The van der Waals surface area contributed by atoms with E-state index in [9.17, 15) is 9.59 Å². The molecule has 0 saturated carbocycles. The summed E-state index contributed by atoms with van der Waals surface area (Å²) in [6.45, 7) is 5.46. The van der Waals surface area contributed by atoms with Crippen LogP contribution in [0.15, 0.2) is 24.3 Å². The third-order valence-corrected chi connectivity index (χ3v) is 7.02. The molecular formula is C19H26ClN3O2S. The molecule has 3 rings (SSSR count). The first-order valence-electron chi connectivity index (χ1n) is 9.19. The van der Waals surface area contributed by atoms with Gasteiger partial charge < -0.3 is 10.2 Å². The van der Waals surface area contributed by atoms with E-state index >= 15 is 0 Å². The van der Waals surface area contributed by atoms with Crippen LogP contribution < -0.4 is 10.6 Å². The SMILES string of the molecule is CC[C@H](C)NC(=O)[C@H]1CSC2(CCN(C(=O)c3cccc(Cl)c3)CC2)N1. The van der Waals surface area contributed by atoms with E-state index in [1.165, 1.54) is 0 Å². The molecular weight excluding hydrogens is 370 g/mol. The fourth-order valence-electron chi connectivity index (χ4n) is 3.39. The number of nitrogens with one attached hydrogen (secondary N) is 2. The lowest BCUT2D eigenvalue weighted by molar-refractivity contribution is -0.123. The van der Waals surface area contributed by atoms with Crippen LogP contribution in [0.4, 0.5) is 0 Å². The molecule has 2 fully saturated rings. The largest absolute Gasteiger partial charge is 0.352 e. The number of carbonyl (C=O) groups excluding carboxylic acids is 2. The number of amides is 2. The zero-order chi connectivity index (χ0) is 18.7. The second kappa shape index (κ2) is 8.19. The molecule has 2 atom stereocenters. The molecule has 0 aromatic heterocycles. The van der Waals surface area contributed by atoms with Crippen LogP contribution in [0, 0.1) is 0 Å². The van der Waals surface area contributed by atoms with Gasteiger partial charge in [0.1, 0.15) is 0 Å². The number of nitrogens with zero attached hydrogens (tertiary/aromatic N) is 1. The smallest absolute Gasteiger partial charge is 0.253 e. The Morgan fingerprint density at radius 1 is 1.42 bits per heavy atom. The van der Waals surface area contributed by atoms with Gasteiger partial charge in [-0.05, 0) is 44.4 Å². The number of hydrogen-bond donors (Lipinski definition) is 2. The van der Waals surface area contributed by atoms with E-state index in [-0.39, 0.29) is 28.8 Å². The van der Waals surface area contributed by atoms with Crippen molar-refractivity contribution >= 4 is 35.2 Å². The van der Waals surface area contributed by atoms with Gasteiger partial charge in [0, 0.05) is 35.5 Å². The summed E-state index contributed by atoms with van der Waals surface area (Å²) >= 11 is 7.81. The quantitative estimate of drug-likeness (QED) is 0.822. The Kier molecular flexibility index (Phi) is 6.15. The first-order chi connectivity index (χ1) is 12.4. The highest BCUT2D eigenvalue weighted by atomic mass is 35.5. The average molecular weight is 396 g/mol. The van der Waals surface area contributed by atoms with Gasteiger partial charge in [-0.15, -0.1) is 11.8 Å². The van der Waals surface area contributed by atoms with Crippen LogP contribution in [0.1, 0.15) is 43.5 Å². The summed E-state index contributed by atoms with van der Waals surface area (Å²) in [7, 11) is 0. The summed E-state index contributed by atoms with van der Waals surface area (Å²) in [6.07, 6.45) is 2.62. The molecule has 0 unspecified atom stereocenters. The standard InChI is InChI=1S/C19H26ClN3O2S/c1-3-13(2)21-17(24)16-12-26-19(22-16)7-9-23(10-8-19)18(25)14-5-4-6-15(20)11-14/h4-6,11,13,16,22H,3,7-10,12H2,1-2H3,(H,21,24)/t13-,16+/m0/s1. The number of carbonyl (C=O) groups is 2. The van der Waals surface area contributed by atoms with Crippen LogP contribution in [-0.4, -0.2) is 52.5 Å². The summed E-state index contributed by atoms with van der Waals surface area (Å²) in [5.41, 5.74) is 0.631. The molecule has 0 radical (unpaired) electrons. The van der Waals surface area contributed by atoms with Gasteiger partial charge in [0.25, 0.3) is 5.91 Å². The average Bonchev–Trinajstić information content (AvgIpc) is 3.05. The second-order valence-corrected chi connectivity index (χ2v) is 8.96. The van der Waals surface area contributed by atoms with Crippen LogP contribution in [0.5, 0.6) is 0 Å². The molecule has 2 amide bonds. The number of thioether (sulfide) groups is 1. The van der Waals surface area contributed by atoms with Crippen molar-refractivity contribution in [1.29, 1.82) is 0 Å². The Bertz CT molecular complexity index is 677. The molecule has 0 bridgehead atoms. The molecule has 2 aliphatic heterocycles. The Morgan fingerprint density at radius 3 is 2.81 bits per heavy atom. The Balaban J connectivity index is 1.55. The zero-order valence-corrected chi connectivity index (χ0v) is 16.8. The monoisotopic (exact) mass is 395 g/mol. The van der Waals surface area contributed by atoms with E-state index in [1.807, 2.05) is 23.6 Å².